The average Bonchev–Trinajstić information content (AvgIpc) is 2.74. The summed E-state index contributed by atoms with van der Waals surface area (Å²) in [5.74, 6) is -0.835. The Hall–Kier alpha value is -1.89. The minimum atomic E-state index is -4.00. The van der Waals surface area contributed by atoms with Gasteiger partial charge in [0.1, 0.15) is 10.7 Å². The summed E-state index contributed by atoms with van der Waals surface area (Å²) < 4.78 is 74.4. The molecule has 3 rings (SSSR count). The van der Waals surface area contributed by atoms with Crippen LogP contribution >= 0.6 is 0 Å². The van der Waals surface area contributed by atoms with Crippen molar-refractivity contribution in [2.24, 2.45) is 0 Å². The second-order valence-electron chi connectivity index (χ2n) is 7.72. The first-order chi connectivity index (χ1) is 15.1. The second kappa shape index (κ2) is 10.4. The summed E-state index contributed by atoms with van der Waals surface area (Å²) in [6.45, 7) is 1.42. The van der Waals surface area contributed by atoms with Gasteiger partial charge in [-0.05, 0) is 56.0 Å². The molecule has 1 heterocycles. The topological polar surface area (TPSA) is 122 Å². The number of sulfonamides is 2. The van der Waals surface area contributed by atoms with E-state index in [0.29, 0.717) is 19.3 Å². The van der Waals surface area contributed by atoms with Gasteiger partial charge < -0.3 is 9.84 Å². The molecule has 0 amide bonds. The largest absolute Gasteiger partial charge is 0.394 e. The van der Waals surface area contributed by atoms with Crippen LogP contribution in [0.25, 0.3) is 0 Å². The summed E-state index contributed by atoms with van der Waals surface area (Å²) in [4.78, 5) is -0.290. The zero-order valence-electron chi connectivity index (χ0n) is 17.6. The lowest BCUT2D eigenvalue weighted by molar-refractivity contribution is -0.0869. The molecule has 3 atom stereocenters. The van der Waals surface area contributed by atoms with Gasteiger partial charge in [-0.15, -0.1) is 0 Å². The highest BCUT2D eigenvalue weighted by molar-refractivity contribution is 7.89. The molecule has 1 aliphatic heterocycles. The van der Waals surface area contributed by atoms with Gasteiger partial charge in [0.15, 0.2) is 0 Å². The predicted octanol–water partition coefficient (Wildman–Crippen LogP) is 1.69. The van der Waals surface area contributed by atoms with Crippen molar-refractivity contribution in [1.82, 2.24) is 9.44 Å². The molecule has 0 spiro atoms. The van der Waals surface area contributed by atoms with Crippen LogP contribution < -0.4 is 9.44 Å². The van der Waals surface area contributed by atoms with Crippen LogP contribution in [0.4, 0.5) is 4.39 Å². The lowest BCUT2D eigenvalue weighted by Crippen LogP contribution is -2.51. The van der Waals surface area contributed by atoms with Crippen molar-refractivity contribution in [3.63, 3.8) is 0 Å². The molecule has 0 aromatic heterocycles. The van der Waals surface area contributed by atoms with Crippen molar-refractivity contribution >= 4 is 20.0 Å². The van der Waals surface area contributed by atoms with Gasteiger partial charge in [0, 0.05) is 6.54 Å². The summed E-state index contributed by atoms with van der Waals surface area (Å²) in [6, 6.07) is 11.0. The number of halogens is 1. The van der Waals surface area contributed by atoms with Crippen molar-refractivity contribution in [2.45, 2.75) is 54.2 Å². The Morgan fingerprint density at radius 3 is 2.50 bits per heavy atom. The molecule has 0 radical (unpaired) electrons. The molecule has 0 saturated carbocycles. The van der Waals surface area contributed by atoms with Gasteiger partial charge in [0.2, 0.25) is 20.0 Å². The molecule has 11 heteroatoms. The summed E-state index contributed by atoms with van der Waals surface area (Å²) in [5, 5.41) is 9.71. The van der Waals surface area contributed by atoms with Crippen molar-refractivity contribution < 1.29 is 31.1 Å². The van der Waals surface area contributed by atoms with Gasteiger partial charge in [0.25, 0.3) is 0 Å². The van der Waals surface area contributed by atoms with Gasteiger partial charge in [-0.25, -0.2) is 30.7 Å². The van der Waals surface area contributed by atoms with Gasteiger partial charge >= 0.3 is 0 Å². The van der Waals surface area contributed by atoms with Crippen LogP contribution in [0, 0.1) is 12.7 Å². The zero-order chi connectivity index (χ0) is 23.4. The number of aliphatic hydroxyl groups is 1. The number of ether oxygens (including phenoxy) is 1. The van der Waals surface area contributed by atoms with Crippen molar-refractivity contribution in [2.75, 3.05) is 13.2 Å². The number of hydrogen-bond donors (Lipinski definition) is 3. The molecule has 2 aromatic carbocycles. The minimum Gasteiger partial charge on any atom is -0.394 e. The van der Waals surface area contributed by atoms with E-state index in [1.807, 2.05) is 0 Å². The maximum Gasteiger partial charge on any atom is 0.243 e. The molecule has 2 aromatic rings. The maximum atomic E-state index is 13.8. The fraction of sp³-hybridized carbons (Fsp3) is 0.429. The van der Waals surface area contributed by atoms with Crippen molar-refractivity contribution in [3.05, 3.63) is 59.9 Å². The Morgan fingerprint density at radius 2 is 1.81 bits per heavy atom. The Labute approximate surface area is 187 Å². The van der Waals surface area contributed by atoms with Gasteiger partial charge in [0.05, 0.1) is 29.8 Å². The third-order valence-electron chi connectivity index (χ3n) is 5.29. The summed E-state index contributed by atoms with van der Waals surface area (Å²) in [6.07, 6.45) is 0.0354. The third-order valence-corrected chi connectivity index (χ3v) is 8.27. The van der Waals surface area contributed by atoms with Crippen molar-refractivity contribution in [3.8, 4) is 0 Å². The van der Waals surface area contributed by atoms with Gasteiger partial charge in [-0.2, -0.15) is 0 Å². The number of hydrogen-bond acceptors (Lipinski definition) is 6. The summed E-state index contributed by atoms with van der Waals surface area (Å²) in [7, 11) is -7.78. The van der Waals surface area contributed by atoms with Gasteiger partial charge in [-0.1, -0.05) is 24.3 Å². The van der Waals surface area contributed by atoms with E-state index in [1.165, 1.54) is 24.3 Å². The number of aryl methyl sites for hydroxylation is 1. The highest BCUT2D eigenvalue weighted by Crippen LogP contribution is 2.24. The monoisotopic (exact) mass is 486 g/mol. The smallest absolute Gasteiger partial charge is 0.243 e. The van der Waals surface area contributed by atoms with Crippen LogP contribution in [0.1, 0.15) is 24.8 Å². The van der Waals surface area contributed by atoms with Crippen LogP contribution in [0.3, 0.4) is 0 Å². The Bertz CT molecular complexity index is 1140. The highest BCUT2D eigenvalue weighted by Gasteiger charge is 2.34. The fourth-order valence-corrected chi connectivity index (χ4v) is 6.15. The number of aliphatic hydroxyl groups excluding tert-OH is 1. The van der Waals surface area contributed by atoms with Crippen LogP contribution in [0.2, 0.25) is 0 Å². The normalized spacial score (nSPS) is 22.0. The number of benzene rings is 2. The highest BCUT2D eigenvalue weighted by atomic mass is 32.2. The first-order valence-electron chi connectivity index (χ1n) is 10.2. The molecule has 0 unspecified atom stereocenters. The first-order valence-corrected chi connectivity index (χ1v) is 13.2. The van der Waals surface area contributed by atoms with Crippen LogP contribution in [-0.2, 0) is 24.8 Å². The molecule has 0 bridgehead atoms. The van der Waals surface area contributed by atoms with E-state index in [9.17, 15) is 26.3 Å². The minimum absolute atomic E-state index is 0.0131. The van der Waals surface area contributed by atoms with E-state index in [0.717, 1.165) is 11.6 Å². The third kappa shape index (κ3) is 6.12. The zero-order valence-corrected chi connectivity index (χ0v) is 19.2. The molecule has 0 aliphatic carbocycles. The van der Waals surface area contributed by atoms with E-state index in [2.05, 4.69) is 9.44 Å². The predicted molar refractivity (Wildman–Crippen MR) is 116 cm³/mol. The van der Waals surface area contributed by atoms with E-state index in [-0.39, 0.29) is 17.5 Å². The molecule has 1 fully saturated rings. The Balaban J connectivity index is 1.56. The first kappa shape index (κ1) is 24.7. The molecule has 176 valence electrons. The van der Waals surface area contributed by atoms with Crippen molar-refractivity contribution in [1.29, 1.82) is 0 Å². The molecule has 8 nitrogen and oxygen atoms in total. The van der Waals surface area contributed by atoms with Crippen LogP contribution in [0.5, 0.6) is 0 Å². The lowest BCUT2D eigenvalue weighted by atomic mass is 9.98. The maximum absolute atomic E-state index is 13.8. The van der Waals surface area contributed by atoms with E-state index < -0.39 is 49.5 Å². The Kier molecular flexibility index (Phi) is 8.01. The molecular formula is C21H27FN2O6S2. The average molecular weight is 487 g/mol. The second-order valence-corrected chi connectivity index (χ2v) is 11.2. The van der Waals surface area contributed by atoms with E-state index >= 15 is 0 Å². The number of nitrogens with one attached hydrogen (secondary N) is 2. The summed E-state index contributed by atoms with van der Waals surface area (Å²) in [5.41, 5.74) is 0.810. The Morgan fingerprint density at radius 1 is 1.06 bits per heavy atom. The van der Waals surface area contributed by atoms with Crippen LogP contribution in [-0.4, -0.2) is 53.3 Å². The molecule has 32 heavy (non-hydrogen) atoms. The van der Waals surface area contributed by atoms with E-state index in [1.54, 1.807) is 25.1 Å². The number of rotatable bonds is 9. The van der Waals surface area contributed by atoms with Gasteiger partial charge in [-0.3, -0.25) is 0 Å². The molecular weight excluding hydrogens is 459 g/mol. The molecule has 1 aliphatic rings. The SMILES string of the molecule is Cc1cccc(S(=O)(=O)N[C@H]2CC[C@H](CCNS(=O)(=O)c3ccccc3F)O[C@H]2CO)c1. The molecule has 1 saturated heterocycles. The summed E-state index contributed by atoms with van der Waals surface area (Å²) >= 11 is 0. The standard InChI is InChI=1S/C21H27FN2O6S2/c1-15-5-4-6-17(13-15)31(26,27)24-19-10-9-16(30-20(19)14-25)11-12-23-32(28,29)21-8-3-2-7-18(21)22/h2-8,13,16,19-20,23-25H,9-12,14H2,1H3/t16-,19+,20+/m1/s1. The van der Waals surface area contributed by atoms with E-state index in [4.69, 9.17) is 4.74 Å². The van der Waals surface area contributed by atoms with Crippen LogP contribution in [0.15, 0.2) is 58.3 Å². The quantitative estimate of drug-likeness (QED) is 0.496. The fourth-order valence-electron chi connectivity index (χ4n) is 3.62. The molecule has 3 N–H and O–H groups in total. The lowest BCUT2D eigenvalue weighted by Gasteiger charge is -2.36.